The zero-order valence-electron chi connectivity index (χ0n) is 23.3. The Kier molecular flexibility index (Phi) is 6.75. The van der Waals surface area contributed by atoms with Gasteiger partial charge in [-0.15, -0.1) is 10.2 Å². The number of nitrogens with zero attached hydrogens (tertiary/aromatic N) is 7. The van der Waals surface area contributed by atoms with Crippen LogP contribution in [0, 0.1) is 6.92 Å². The number of nitrogens with two attached hydrogens (primary N) is 1. The molecule has 7 rings (SSSR count). The second-order valence-corrected chi connectivity index (χ2v) is 12.0. The van der Waals surface area contributed by atoms with Gasteiger partial charge in [0.1, 0.15) is 22.0 Å². The molecule has 42 heavy (non-hydrogen) atoms. The maximum Gasteiger partial charge on any atom is 0.245 e. The van der Waals surface area contributed by atoms with Crippen molar-refractivity contribution >= 4 is 34.2 Å². The Morgan fingerprint density at radius 2 is 1.98 bits per heavy atom. The van der Waals surface area contributed by atoms with Crippen LogP contribution < -0.4 is 11.1 Å². The molecule has 0 saturated carbocycles. The number of nitrogens with one attached hydrogen (secondary N) is 1. The number of hydrogen-bond donors (Lipinski definition) is 2. The van der Waals surface area contributed by atoms with Gasteiger partial charge in [0.15, 0.2) is 16.5 Å². The van der Waals surface area contributed by atoms with Crippen molar-refractivity contribution in [3.8, 4) is 27.8 Å². The van der Waals surface area contributed by atoms with Crippen LogP contribution >= 0.6 is 11.3 Å². The number of pyridine rings is 2. The molecule has 4 aromatic heterocycles. The summed E-state index contributed by atoms with van der Waals surface area (Å²) in [4.78, 5) is 28.2. The molecule has 5 heterocycles. The Hall–Kier alpha value is -4.48. The number of carbonyl (C=O) groups is 1. The van der Waals surface area contributed by atoms with E-state index in [1.54, 1.807) is 6.20 Å². The van der Waals surface area contributed by atoms with Gasteiger partial charge in [-0.05, 0) is 86.2 Å². The molecule has 1 atom stereocenters. The normalized spacial score (nSPS) is 17.1. The van der Waals surface area contributed by atoms with Crippen molar-refractivity contribution in [2.24, 2.45) is 0 Å². The maximum atomic E-state index is 12.0. The molecule has 212 valence electrons. The summed E-state index contributed by atoms with van der Waals surface area (Å²) in [5.74, 6) is 1.13. The van der Waals surface area contributed by atoms with Gasteiger partial charge in [-0.2, -0.15) is 0 Å². The molecule has 1 aliphatic heterocycles. The monoisotopic (exact) mass is 577 g/mol. The van der Waals surface area contributed by atoms with Crippen molar-refractivity contribution in [1.82, 2.24) is 39.9 Å². The van der Waals surface area contributed by atoms with Crippen molar-refractivity contribution in [3.63, 3.8) is 0 Å². The Balaban J connectivity index is 1.24. The van der Waals surface area contributed by atoms with E-state index in [9.17, 15) is 4.79 Å². The van der Waals surface area contributed by atoms with E-state index >= 15 is 0 Å². The minimum atomic E-state index is 0.0201. The van der Waals surface area contributed by atoms with Gasteiger partial charge in [0.05, 0.1) is 5.56 Å². The van der Waals surface area contributed by atoms with Crippen LogP contribution in [0.2, 0.25) is 0 Å². The number of imidazole rings is 1. The highest BCUT2D eigenvalue weighted by atomic mass is 32.1. The van der Waals surface area contributed by atoms with E-state index in [1.807, 2.05) is 36.1 Å². The predicted octanol–water partition coefficient (Wildman–Crippen LogP) is 4.65. The van der Waals surface area contributed by atoms with Crippen LogP contribution in [0.1, 0.15) is 41.4 Å². The molecule has 1 saturated heterocycles. The number of piperidine rings is 1. The zero-order chi connectivity index (χ0) is 28.8. The summed E-state index contributed by atoms with van der Waals surface area (Å²) in [5.41, 5.74) is 13.0. The first-order chi connectivity index (χ1) is 20.5. The van der Waals surface area contributed by atoms with Crippen molar-refractivity contribution < 1.29 is 4.79 Å². The fourth-order valence-corrected chi connectivity index (χ4v) is 6.77. The zero-order valence-corrected chi connectivity index (χ0v) is 24.1. The second kappa shape index (κ2) is 10.7. The molecule has 3 N–H and O–H groups in total. The molecule has 0 radical (unpaired) electrons. The van der Waals surface area contributed by atoms with Gasteiger partial charge in [0, 0.05) is 37.1 Å². The summed E-state index contributed by atoms with van der Waals surface area (Å²) in [6, 6.07) is 15.0. The van der Waals surface area contributed by atoms with Gasteiger partial charge in [-0.25, -0.2) is 15.0 Å². The number of likely N-dealkylation sites (tertiary alicyclic amines) is 1. The van der Waals surface area contributed by atoms with Gasteiger partial charge in [-0.3, -0.25) is 9.36 Å². The standard InChI is InChI=1S/C31H31N9OS/c1-3-27(41)39-15-12-20(13-16-39)34-24-9-6-19-17-21(7-8-22(19)24)40-29(23-5-4-14-33-28(23)32)35-25-10-11-26(36-30(25)40)31-38-37-18(2)42-31/h3-5,7-8,10-11,14,17,20,24,34H,1,6,9,12-13,15-16H2,2H3,(H2,32,33)/t24-/m0/s1. The Morgan fingerprint density at radius 3 is 2.74 bits per heavy atom. The van der Waals surface area contributed by atoms with E-state index in [0.717, 1.165) is 76.9 Å². The Labute approximate surface area is 247 Å². The van der Waals surface area contributed by atoms with Crippen LogP contribution in [0.4, 0.5) is 5.82 Å². The molecule has 2 aliphatic rings. The highest BCUT2D eigenvalue weighted by Crippen LogP contribution is 2.37. The lowest BCUT2D eigenvalue weighted by molar-refractivity contribution is -0.127. The average molecular weight is 578 g/mol. The fraction of sp³-hybridized carbons (Fsp3) is 0.290. The number of rotatable bonds is 6. The SMILES string of the molecule is C=CC(=O)N1CCC(N[C@H]2CCc3cc(-n4c(-c5cccnc5N)nc5ccc(-c6nnc(C)s6)nc54)ccc32)CC1. The molecular weight excluding hydrogens is 546 g/mol. The smallest absolute Gasteiger partial charge is 0.245 e. The van der Waals surface area contributed by atoms with Gasteiger partial charge < -0.3 is 16.0 Å². The van der Waals surface area contributed by atoms with E-state index in [-0.39, 0.29) is 5.91 Å². The Morgan fingerprint density at radius 1 is 1.12 bits per heavy atom. The maximum absolute atomic E-state index is 12.0. The molecule has 1 aliphatic carbocycles. The van der Waals surface area contributed by atoms with Gasteiger partial charge in [-0.1, -0.05) is 24.0 Å². The molecule has 0 bridgehead atoms. The molecule has 10 nitrogen and oxygen atoms in total. The van der Waals surface area contributed by atoms with Crippen LogP contribution in [-0.4, -0.2) is 59.7 Å². The summed E-state index contributed by atoms with van der Waals surface area (Å²) in [6.45, 7) is 7.09. The van der Waals surface area contributed by atoms with E-state index in [1.165, 1.54) is 28.5 Å². The van der Waals surface area contributed by atoms with Crippen LogP contribution in [0.3, 0.4) is 0 Å². The quantitative estimate of drug-likeness (QED) is 0.279. The van der Waals surface area contributed by atoms with Crippen LogP contribution in [-0.2, 0) is 11.2 Å². The molecule has 5 aromatic rings. The second-order valence-electron chi connectivity index (χ2n) is 10.8. The first-order valence-corrected chi connectivity index (χ1v) is 15.0. The number of amides is 1. The lowest BCUT2D eigenvalue weighted by Gasteiger charge is -2.33. The molecule has 0 spiro atoms. The molecule has 1 amide bonds. The number of nitrogen functional groups attached to an aromatic ring is 1. The number of aromatic nitrogens is 6. The minimum Gasteiger partial charge on any atom is -0.383 e. The molecule has 1 fully saturated rings. The number of hydrogen-bond acceptors (Lipinski definition) is 9. The van der Waals surface area contributed by atoms with E-state index in [2.05, 4.69) is 49.8 Å². The number of benzene rings is 1. The van der Waals surface area contributed by atoms with Gasteiger partial charge >= 0.3 is 0 Å². The summed E-state index contributed by atoms with van der Waals surface area (Å²) >= 11 is 1.51. The molecular formula is C31H31N9OS. The topological polar surface area (TPSA) is 128 Å². The number of fused-ring (bicyclic) bond motifs is 2. The Bertz CT molecular complexity index is 1820. The van der Waals surface area contributed by atoms with Crippen LogP contribution in [0.25, 0.3) is 38.9 Å². The summed E-state index contributed by atoms with van der Waals surface area (Å²) < 4.78 is 2.08. The summed E-state index contributed by atoms with van der Waals surface area (Å²) in [6.07, 6.45) is 7.00. The van der Waals surface area contributed by atoms with E-state index in [4.69, 9.17) is 15.7 Å². The molecule has 1 aromatic carbocycles. The van der Waals surface area contributed by atoms with Gasteiger partial charge in [0.25, 0.3) is 0 Å². The molecule has 11 heteroatoms. The van der Waals surface area contributed by atoms with Gasteiger partial charge in [0.2, 0.25) is 5.91 Å². The lowest BCUT2D eigenvalue weighted by atomic mass is 10.0. The highest BCUT2D eigenvalue weighted by Gasteiger charge is 2.29. The van der Waals surface area contributed by atoms with Crippen LogP contribution in [0.15, 0.2) is 61.3 Å². The fourth-order valence-electron chi connectivity index (χ4n) is 6.10. The van der Waals surface area contributed by atoms with Crippen LogP contribution in [0.5, 0.6) is 0 Å². The minimum absolute atomic E-state index is 0.0201. The van der Waals surface area contributed by atoms with Crippen molar-refractivity contribution in [1.29, 1.82) is 0 Å². The number of aryl methyl sites for hydroxylation is 2. The molecule has 0 unspecified atom stereocenters. The first kappa shape index (κ1) is 26.4. The first-order valence-electron chi connectivity index (χ1n) is 14.2. The third kappa shape index (κ3) is 4.74. The highest BCUT2D eigenvalue weighted by molar-refractivity contribution is 7.14. The number of carbonyl (C=O) groups excluding carboxylic acids is 1. The lowest BCUT2D eigenvalue weighted by Crippen LogP contribution is -2.45. The van der Waals surface area contributed by atoms with Crippen molar-refractivity contribution in [2.45, 2.75) is 44.7 Å². The average Bonchev–Trinajstić information content (AvgIpc) is 3.73. The van der Waals surface area contributed by atoms with E-state index < -0.39 is 0 Å². The summed E-state index contributed by atoms with van der Waals surface area (Å²) in [7, 11) is 0. The predicted molar refractivity (Wildman–Crippen MR) is 164 cm³/mol. The largest absolute Gasteiger partial charge is 0.383 e. The third-order valence-electron chi connectivity index (χ3n) is 8.21. The van der Waals surface area contributed by atoms with Crippen molar-refractivity contribution in [2.75, 3.05) is 18.8 Å². The van der Waals surface area contributed by atoms with E-state index in [0.29, 0.717) is 23.7 Å². The van der Waals surface area contributed by atoms with Crippen molar-refractivity contribution in [3.05, 3.63) is 77.5 Å². The number of anilines is 1. The summed E-state index contributed by atoms with van der Waals surface area (Å²) in [5, 5.41) is 14.0. The third-order valence-corrected chi connectivity index (χ3v) is 9.07.